The molecule has 0 unspecified atom stereocenters. The summed E-state index contributed by atoms with van der Waals surface area (Å²) in [6.45, 7) is 40.9. The molecule has 1 heterocycles. The van der Waals surface area contributed by atoms with Crippen LogP contribution in [0.4, 0.5) is 0 Å². The van der Waals surface area contributed by atoms with Gasteiger partial charge in [-0.15, -0.1) is 0 Å². The highest BCUT2D eigenvalue weighted by atomic mass is 28.4. The van der Waals surface area contributed by atoms with Crippen LogP contribution in [0.5, 0.6) is 0 Å². The van der Waals surface area contributed by atoms with Crippen LogP contribution in [-0.2, 0) is 22.8 Å². The summed E-state index contributed by atoms with van der Waals surface area (Å²) in [5, 5.41) is 2.32. The molecular formula is C45H74O5Si3. The van der Waals surface area contributed by atoms with Gasteiger partial charge in [-0.1, -0.05) is 156 Å². The maximum absolute atomic E-state index is 13.5. The molecule has 1 saturated heterocycles. The monoisotopic (exact) mass is 778 g/mol. The molecular weight excluding hydrogens is 705 g/mol. The minimum absolute atomic E-state index is 0.00812. The fourth-order valence-corrected chi connectivity index (χ4v) is 14.6. The number of carbonyl (C=O) groups excluding carboxylic acids is 1. The number of hydrogen-bond donors (Lipinski definition) is 0. The molecule has 4 atom stereocenters. The van der Waals surface area contributed by atoms with Crippen molar-refractivity contribution in [1.29, 1.82) is 0 Å². The molecule has 0 aromatic heterocycles. The fraction of sp³-hybridized carbons (Fsp3) is 0.622. The first-order chi connectivity index (χ1) is 24.1. The van der Waals surface area contributed by atoms with Gasteiger partial charge < -0.3 is 18.0 Å². The molecule has 0 bridgehead atoms. The van der Waals surface area contributed by atoms with E-state index in [-0.39, 0.29) is 51.7 Å². The maximum atomic E-state index is 13.5. The van der Waals surface area contributed by atoms with Crippen LogP contribution in [0.2, 0.25) is 41.3 Å². The van der Waals surface area contributed by atoms with Crippen molar-refractivity contribution in [2.24, 2.45) is 11.3 Å². The molecule has 0 N–H and O–H groups in total. The van der Waals surface area contributed by atoms with Gasteiger partial charge in [0.05, 0.1) is 24.4 Å². The van der Waals surface area contributed by atoms with Crippen LogP contribution in [-0.4, -0.2) is 49.2 Å². The first-order valence-electron chi connectivity index (χ1n) is 19.8. The number of hydrogen-bond acceptors (Lipinski definition) is 5. The average molecular weight is 779 g/mol. The number of ether oxygens (including phenoxy) is 1. The predicted molar refractivity (Wildman–Crippen MR) is 232 cm³/mol. The lowest BCUT2D eigenvalue weighted by molar-refractivity contribution is -0.156. The van der Waals surface area contributed by atoms with Crippen molar-refractivity contribution >= 4 is 41.3 Å². The minimum Gasteiger partial charge on any atom is -0.546 e. The Morgan fingerprint density at radius 2 is 1.25 bits per heavy atom. The molecule has 0 aliphatic carbocycles. The Morgan fingerprint density at radius 3 is 1.66 bits per heavy atom. The van der Waals surface area contributed by atoms with Gasteiger partial charge in [-0.25, -0.2) is 0 Å². The summed E-state index contributed by atoms with van der Waals surface area (Å²) in [6.07, 6.45) is 4.46. The zero-order chi connectivity index (χ0) is 40.4. The SMILES string of the molecule is C/C=C(\O[Si](C)(C)C(C)(C)C)C(C)(C)[C@@H](O[Si](C)(C)C(C)(C)C)[C@@H](C)/C=C(\C)[C@@H]1C[C@H](O[Si](c2ccccc2)(c2ccccc2)C(C)(C)C)CC(=O)O1. The van der Waals surface area contributed by atoms with Crippen LogP contribution in [0.1, 0.15) is 110 Å². The van der Waals surface area contributed by atoms with E-state index in [1.807, 2.05) is 0 Å². The molecule has 0 saturated carbocycles. The Hall–Kier alpha value is -2.24. The van der Waals surface area contributed by atoms with Crippen molar-refractivity contribution < 1.29 is 22.8 Å². The molecule has 0 amide bonds. The van der Waals surface area contributed by atoms with E-state index < -0.39 is 30.4 Å². The molecule has 1 aliphatic rings. The van der Waals surface area contributed by atoms with E-state index in [0.29, 0.717) is 6.42 Å². The Bertz CT molecular complexity index is 1530. The van der Waals surface area contributed by atoms with Gasteiger partial charge in [0.15, 0.2) is 8.32 Å². The maximum Gasteiger partial charge on any atom is 0.308 e. The lowest BCUT2D eigenvalue weighted by atomic mass is 9.77. The van der Waals surface area contributed by atoms with Crippen molar-refractivity contribution in [3.63, 3.8) is 0 Å². The molecule has 1 aliphatic heterocycles. The fourth-order valence-electron chi connectivity index (χ4n) is 7.22. The zero-order valence-electron chi connectivity index (χ0n) is 36.7. The number of esters is 1. The normalized spacial score (nSPS) is 20.2. The second kappa shape index (κ2) is 16.5. The summed E-state index contributed by atoms with van der Waals surface area (Å²) in [4.78, 5) is 13.5. The second-order valence-electron chi connectivity index (χ2n) is 20.1. The molecule has 53 heavy (non-hydrogen) atoms. The molecule has 296 valence electrons. The quantitative estimate of drug-likeness (QED) is 0.0877. The van der Waals surface area contributed by atoms with Crippen molar-refractivity contribution in [3.05, 3.63) is 84.1 Å². The van der Waals surface area contributed by atoms with Gasteiger partial charge in [0.1, 0.15) is 6.10 Å². The third kappa shape index (κ3) is 10.1. The Morgan fingerprint density at radius 1 is 0.774 bits per heavy atom. The van der Waals surface area contributed by atoms with E-state index in [0.717, 1.165) is 11.3 Å². The lowest BCUT2D eigenvalue weighted by Crippen LogP contribution is -2.68. The van der Waals surface area contributed by atoms with Gasteiger partial charge in [-0.3, -0.25) is 4.79 Å². The van der Waals surface area contributed by atoms with Gasteiger partial charge >= 0.3 is 5.97 Å². The molecule has 0 radical (unpaired) electrons. The van der Waals surface area contributed by atoms with Crippen LogP contribution >= 0.6 is 0 Å². The number of allylic oxidation sites excluding steroid dienone is 1. The first-order valence-corrected chi connectivity index (χ1v) is 27.5. The molecule has 0 spiro atoms. The summed E-state index contributed by atoms with van der Waals surface area (Å²) in [5.74, 6) is 0.792. The van der Waals surface area contributed by atoms with E-state index in [2.05, 4.69) is 196 Å². The first kappa shape index (κ1) is 45.2. The van der Waals surface area contributed by atoms with Crippen molar-refractivity contribution in [3.8, 4) is 0 Å². The Kier molecular flexibility index (Phi) is 14.0. The van der Waals surface area contributed by atoms with Crippen LogP contribution in [0, 0.1) is 11.3 Å². The van der Waals surface area contributed by atoms with E-state index in [9.17, 15) is 4.79 Å². The highest BCUT2D eigenvalue weighted by Gasteiger charge is 2.53. The molecule has 5 nitrogen and oxygen atoms in total. The molecule has 2 aromatic rings. The highest BCUT2D eigenvalue weighted by Crippen LogP contribution is 2.47. The summed E-state index contributed by atoms with van der Waals surface area (Å²) < 4.78 is 28.1. The van der Waals surface area contributed by atoms with Gasteiger partial charge in [0.25, 0.3) is 8.32 Å². The zero-order valence-corrected chi connectivity index (χ0v) is 39.7. The predicted octanol–water partition coefficient (Wildman–Crippen LogP) is 11.6. The van der Waals surface area contributed by atoms with Gasteiger partial charge in [-0.05, 0) is 71.1 Å². The van der Waals surface area contributed by atoms with Gasteiger partial charge in [-0.2, -0.15) is 0 Å². The topological polar surface area (TPSA) is 54.0 Å². The molecule has 1 fully saturated rings. The Labute approximate surface area is 327 Å². The largest absolute Gasteiger partial charge is 0.546 e. The van der Waals surface area contributed by atoms with E-state index in [1.165, 1.54) is 10.4 Å². The van der Waals surface area contributed by atoms with E-state index in [1.54, 1.807) is 0 Å². The van der Waals surface area contributed by atoms with Crippen LogP contribution < -0.4 is 10.4 Å². The number of cyclic esters (lactones) is 1. The summed E-state index contributed by atoms with van der Waals surface area (Å²) >= 11 is 0. The highest BCUT2D eigenvalue weighted by molar-refractivity contribution is 6.99. The molecule has 3 rings (SSSR count). The van der Waals surface area contributed by atoms with E-state index in [4.69, 9.17) is 18.0 Å². The van der Waals surface area contributed by atoms with E-state index >= 15 is 0 Å². The third-order valence-electron chi connectivity index (χ3n) is 12.4. The standard InChI is InChI=1S/C45H74O5Si3/c1-19-39(49-51(15,16)42(4,5)6)45(13,14)41(50-52(17,18)43(7,8)9)34(3)30-33(2)38-31-35(32-40(46)47-38)48-53(44(10,11)12,36-26-22-20-23-27-36)37-28-24-21-25-29-37/h19-30,34-35,38,41H,31-32H2,1-18H3/b33-30+,39-19-/t34-,35-,38-,41-/m0/s1. The van der Waals surface area contributed by atoms with Gasteiger partial charge in [0, 0.05) is 17.8 Å². The molecule has 2 aromatic carbocycles. The Balaban J connectivity index is 2.06. The number of benzene rings is 2. The summed E-state index contributed by atoms with van der Waals surface area (Å²) in [5.41, 5.74) is 0.613. The van der Waals surface area contributed by atoms with Crippen LogP contribution in [0.15, 0.2) is 84.1 Å². The van der Waals surface area contributed by atoms with Crippen molar-refractivity contribution in [2.45, 2.75) is 169 Å². The van der Waals surface area contributed by atoms with Gasteiger partial charge in [0.2, 0.25) is 8.32 Å². The van der Waals surface area contributed by atoms with Crippen LogP contribution in [0.25, 0.3) is 0 Å². The number of carbonyl (C=O) groups is 1. The average Bonchev–Trinajstić information content (AvgIpc) is 3.03. The van der Waals surface area contributed by atoms with Crippen molar-refractivity contribution in [2.75, 3.05) is 0 Å². The smallest absolute Gasteiger partial charge is 0.308 e. The number of rotatable bonds is 13. The minimum atomic E-state index is -2.86. The van der Waals surface area contributed by atoms with Crippen molar-refractivity contribution in [1.82, 2.24) is 0 Å². The third-order valence-corrected chi connectivity index (χ3v) is 26.3. The van der Waals surface area contributed by atoms with Crippen LogP contribution in [0.3, 0.4) is 0 Å². The second-order valence-corrected chi connectivity index (χ2v) is 33.9. The summed E-state index contributed by atoms with van der Waals surface area (Å²) in [6, 6.07) is 21.3. The lowest BCUT2D eigenvalue weighted by Gasteiger charge is -2.49. The molecule has 8 heteroatoms. The summed E-state index contributed by atoms with van der Waals surface area (Å²) in [7, 11) is -7.21.